The molecule has 1 N–H and O–H groups in total. The lowest BCUT2D eigenvalue weighted by Crippen LogP contribution is -2.38. The second-order valence-corrected chi connectivity index (χ2v) is 6.74. The number of rotatable bonds is 8. The summed E-state index contributed by atoms with van der Waals surface area (Å²) in [6, 6.07) is 10.8. The van der Waals surface area contributed by atoms with Crippen LogP contribution in [0.2, 0.25) is 0 Å². The van der Waals surface area contributed by atoms with Crippen molar-refractivity contribution < 1.29 is 0 Å². The largest absolute Gasteiger partial charge is 0.317 e. The van der Waals surface area contributed by atoms with Crippen molar-refractivity contribution >= 4 is 24.2 Å². The summed E-state index contributed by atoms with van der Waals surface area (Å²) < 4.78 is 0. The minimum Gasteiger partial charge on any atom is -0.317 e. The molecule has 0 atom stereocenters. The van der Waals surface area contributed by atoms with E-state index >= 15 is 0 Å². The molecule has 120 valence electrons. The number of nitrogens with one attached hydrogen (secondary N) is 1. The van der Waals surface area contributed by atoms with Crippen LogP contribution in [-0.2, 0) is 5.75 Å². The van der Waals surface area contributed by atoms with Crippen LogP contribution in [0.15, 0.2) is 30.3 Å². The summed E-state index contributed by atoms with van der Waals surface area (Å²) >= 11 is 2.06. The standard InChI is InChI=1S/C17H28N2S.ClH/c1-2-18-14-16-8-10-19(11-9-16)12-13-20-15-17-6-4-3-5-7-17;/h3-7,16,18H,2,8-15H2,1H3;1H. The van der Waals surface area contributed by atoms with E-state index in [4.69, 9.17) is 0 Å². The smallest absolute Gasteiger partial charge is 0.0185 e. The third-order valence-electron chi connectivity index (χ3n) is 4.05. The summed E-state index contributed by atoms with van der Waals surface area (Å²) in [5, 5.41) is 3.48. The number of benzene rings is 1. The predicted octanol–water partition coefficient (Wildman–Crippen LogP) is 3.66. The Morgan fingerprint density at radius 1 is 1.19 bits per heavy atom. The van der Waals surface area contributed by atoms with E-state index in [9.17, 15) is 0 Å². The molecule has 2 nitrogen and oxygen atoms in total. The van der Waals surface area contributed by atoms with Crippen LogP contribution >= 0.6 is 24.2 Å². The second kappa shape index (κ2) is 11.4. The maximum Gasteiger partial charge on any atom is 0.0185 e. The number of hydrogen-bond acceptors (Lipinski definition) is 3. The van der Waals surface area contributed by atoms with Gasteiger partial charge in [-0.15, -0.1) is 12.4 Å². The van der Waals surface area contributed by atoms with Crippen molar-refractivity contribution in [3.05, 3.63) is 35.9 Å². The van der Waals surface area contributed by atoms with Gasteiger partial charge in [-0.2, -0.15) is 11.8 Å². The molecular weight excluding hydrogens is 300 g/mol. The summed E-state index contributed by atoms with van der Waals surface area (Å²) in [7, 11) is 0. The Balaban J connectivity index is 0.00000220. The zero-order valence-corrected chi connectivity index (χ0v) is 14.7. The van der Waals surface area contributed by atoms with Crippen LogP contribution in [0.4, 0.5) is 0 Å². The van der Waals surface area contributed by atoms with Gasteiger partial charge in [-0.05, 0) is 50.5 Å². The summed E-state index contributed by atoms with van der Waals surface area (Å²) in [5.41, 5.74) is 1.45. The van der Waals surface area contributed by atoms with Crippen LogP contribution < -0.4 is 5.32 Å². The highest BCUT2D eigenvalue weighted by atomic mass is 35.5. The highest BCUT2D eigenvalue weighted by Crippen LogP contribution is 2.17. The molecule has 0 amide bonds. The average molecular weight is 329 g/mol. The first-order chi connectivity index (χ1) is 9.88. The zero-order valence-electron chi connectivity index (χ0n) is 13.1. The van der Waals surface area contributed by atoms with Gasteiger partial charge in [-0.25, -0.2) is 0 Å². The van der Waals surface area contributed by atoms with E-state index in [0.29, 0.717) is 0 Å². The van der Waals surface area contributed by atoms with Gasteiger partial charge in [0.1, 0.15) is 0 Å². The van der Waals surface area contributed by atoms with Gasteiger partial charge in [0.2, 0.25) is 0 Å². The molecule has 1 saturated heterocycles. The van der Waals surface area contributed by atoms with Crippen molar-refractivity contribution in [3.63, 3.8) is 0 Å². The molecule has 0 unspecified atom stereocenters. The summed E-state index contributed by atoms with van der Waals surface area (Å²) in [5.74, 6) is 3.31. The van der Waals surface area contributed by atoms with E-state index in [0.717, 1.165) is 18.2 Å². The SMILES string of the molecule is CCNCC1CCN(CCSCc2ccccc2)CC1.Cl. The molecular formula is C17H29ClN2S. The van der Waals surface area contributed by atoms with Crippen molar-refractivity contribution in [1.29, 1.82) is 0 Å². The van der Waals surface area contributed by atoms with E-state index < -0.39 is 0 Å². The first-order valence-corrected chi connectivity index (χ1v) is 9.08. The van der Waals surface area contributed by atoms with Crippen LogP contribution in [0.1, 0.15) is 25.3 Å². The van der Waals surface area contributed by atoms with Crippen molar-refractivity contribution in [1.82, 2.24) is 10.2 Å². The van der Waals surface area contributed by atoms with Gasteiger partial charge in [0, 0.05) is 18.1 Å². The lowest BCUT2D eigenvalue weighted by atomic mass is 9.97. The minimum atomic E-state index is 0. The maximum atomic E-state index is 3.48. The maximum absolute atomic E-state index is 3.48. The molecule has 21 heavy (non-hydrogen) atoms. The lowest BCUT2D eigenvalue weighted by molar-refractivity contribution is 0.192. The van der Waals surface area contributed by atoms with E-state index in [-0.39, 0.29) is 12.4 Å². The molecule has 2 rings (SSSR count). The number of piperidine rings is 1. The molecule has 1 aromatic rings. The van der Waals surface area contributed by atoms with Crippen LogP contribution in [0, 0.1) is 5.92 Å². The number of thioether (sulfide) groups is 1. The Morgan fingerprint density at radius 3 is 2.57 bits per heavy atom. The molecule has 0 aromatic heterocycles. The number of halogens is 1. The highest BCUT2D eigenvalue weighted by Gasteiger charge is 2.18. The lowest BCUT2D eigenvalue weighted by Gasteiger charge is -2.31. The van der Waals surface area contributed by atoms with Crippen molar-refractivity contribution in [2.24, 2.45) is 5.92 Å². The van der Waals surface area contributed by atoms with Gasteiger partial charge in [-0.3, -0.25) is 0 Å². The Kier molecular flexibility index (Phi) is 10.2. The molecule has 0 saturated carbocycles. The normalized spacial score (nSPS) is 16.6. The summed E-state index contributed by atoms with van der Waals surface area (Å²) in [4.78, 5) is 2.64. The fraction of sp³-hybridized carbons (Fsp3) is 0.647. The zero-order chi connectivity index (χ0) is 14.0. The monoisotopic (exact) mass is 328 g/mol. The topological polar surface area (TPSA) is 15.3 Å². The fourth-order valence-electron chi connectivity index (χ4n) is 2.72. The van der Waals surface area contributed by atoms with Crippen molar-refractivity contribution in [3.8, 4) is 0 Å². The highest BCUT2D eigenvalue weighted by molar-refractivity contribution is 7.98. The van der Waals surface area contributed by atoms with Crippen LogP contribution in [-0.4, -0.2) is 43.4 Å². The molecule has 1 aliphatic rings. The van der Waals surface area contributed by atoms with Crippen LogP contribution in [0.5, 0.6) is 0 Å². The molecule has 1 aromatic carbocycles. The van der Waals surface area contributed by atoms with Gasteiger partial charge < -0.3 is 10.2 Å². The van der Waals surface area contributed by atoms with Crippen molar-refractivity contribution in [2.75, 3.05) is 38.5 Å². The molecule has 0 aliphatic carbocycles. The minimum absolute atomic E-state index is 0. The molecule has 1 fully saturated rings. The fourth-order valence-corrected chi connectivity index (χ4v) is 3.68. The molecule has 0 bridgehead atoms. The second-order valence-electron chi connectivity index (χ2n) is 5.63. The number of likely N-dealkylation sites (tertiary alicyclic amines) is 1. The average Bonchev–Trinajstić information content (AvgIpc) is 2.52. The summed E-state index contributed by atoms with van der Waals surface area (Å²) in [6.45, 7) is 8.36. The number of nitrogens with zero attached hydrogens (tertiary/aromatic N) is 1. The van der Waals surface area contributed by atoms with Gasteiger partial charge in [-0.1, -0.05) is 37.3 Å². The first-order valence-electron chi connectivity index (χ1n) is 7.93. The Hall–Kier alpha value is -0.220. The molecule has 1 aliphatic heterocycles. The third kappa shape index (κ3) is 7.55. The van der Waals surface area contributed by atoms with Gasteiger partial charge in [0.25, 0.3) is 0 Å². The first kappa shape index (κ1) is 18.8. The quantitative estimate of drug-likeness (QED) is 0.733. The van der Waals surface area contributed by atoms with Gasteiger partial charge >= 0.3 is 0 Å². The van der Waals surface area contributed by atoms with E-state index in [2.05, 4.69) is 59.2 Å². The van der Waals surface area contributed by atoms with E-state index in [1.165, 1.54) is 50.3 Å². The van der Waals surface area contributed by atoms with Crippen LogP contribution in [0.3, 0.4) is 0 Å². The number of hydrogen-bond donors (Lipinski definition) is 1. The Morgan fingerprint density at radius 2 is 1.90 bits per heavy atom. The Bertz CT molecular complexity index is 353. The van der Waals surface area contributed by atoms with Gasteiger partial charge in [0.05, 0.1) is 0 Å². The van der Waals surface area contributed by atoms with Crippen molar-refractivity contribution in [2.45, 2.75) is 25.5 Å². The van der Waals surface area contributed by atoms with Crippen LogP contribution in [0.25, 0.3) is 0 Å². The van der Waals surface area contributed by atoms with Gasteiger partial charge in [0.15, 0.2) is 0 Å². The molecule has 1 heterocycles. The molecule has 0 radical (unpaired) electrons. The molecule has 0 spiro atoms. The summed E-state index contributed by atoms with van der Waals surface area (Å²) in [6.07, 6.45) is 2.74. The third-order valence-corrected chi connectivity index (χ3v) is 5.06. The van der Waals surface area contributed by atoms with E-state index in [1.807, 2.05) is 0 Å². The van der Waals surface area contributed by atoms with E-state index in [1.54, 1.807) is 0 Å². The molecule has 4 heteroatoms. The predicted molar refractivity (Wildman–Crippen MR) is 97.6 cm³/mol. The Labute approximate surface area is 140 Å².